The molecule has 0 heterocycles. The Balaban J connectivity index is 1.87. The monoisotopic (exact) mass is 404 g/mol. The molecule has 6 nitrogen and oxygen atoms in total. The molecular weight excluding hydrogens is 378 g/mol. The van der Waals surface area contributed by atoms with E-state index in [1.807, 2.05) is 32.0 Å². The fourth-order valence-electron chi connectivity index (χ4n) is 2.60. The van der Waals surface area contributed by atoms with E-state index in [0.29, 0.717) is 36.7 Å². The van der Waals surface area contributed by atoms with Crippen molar-refractivity contribution in [2.45, 2.75) is 27.0 Å². The maximum atomic E-state index is 12.5. The maximum absolute atomic E-state index is 12.5. The number of ether oxygens (including phenoxy) is 1. The highest BCUT2D eigenvalue weighted by atomic mass is 19.3. The largest absolute Gasteiger partial charge is 0.434 e. The lowest BCUT2D eigenvalue weighted by molar-refractivity contribution is -0.0504. The lowest BCUT2D eigenvalue weighted by Crippen LogP contribution is -2.41. The Morgan fingerprint density at radius 3 is 2.55 bits per heavy atom. The second-order valence-corrected chi connectivity index (χ2v) is 6.23. The zero-order chi connectivity index (χ0) is 21.1. The van der Waals surface area contributed by atoms with Gasteiger partial charge < -0.3 is 20.7 Å². The number of carbonyl (C=O) groups excluding carboxylic acids is 1. The van der Waals surface area contributed by atoms with Gasteiger partial charge in [0.25, 0.3) is 5.91 Å². The van der Waals surface area contributed by atoms with Crippen molar-refractivity contribution < 1.29 is 18.3 Å². The molecule has 2 rings (SSSR count). The summed E-state index contributed by atoms with van der Waals surface area (Å²) in [5, 5.41) is 9.02. The fraction of sp³-hybridized carbons (Fsp3) is 0.333. The number of carbonyl (C=O) groups is 1. The van der Waals surface area contributed by atoms with Crippen LogP contribution in [0.3, 0.4) is 0 Å². The van der Waals surface area contributed by atoms with Crippen molar-refractivity contribution in [2.75, 3.05) is 19.6 Å². The van der Waals surface area contributed by atoms with Crippen molar-refractivity contribution in [3.8, 4) is 5.75 Å². The Hall–Kier alpha value is -3.16. The van der Waals surface area contributed by atoms with Gasteiger partial charge in [0.2, 0.25) is 0 Å². The molecule has 156 valence electrons. The number of nitrogens with zero attached hydrogens (tertiary/aromatic N) is 1. The van der Waals surface area contributed by atoms with Crippen LogP contribution in [0.15, 0.2) is 53.5 Å². The molecule has 0 aliphatic carbocycles. The second-order valence-electron chi connectivity index (χ2n) is 6.23. The molecule has 0 fully saturated rings. The van der Waals surface area contributed by atoms with Crippen LogP contribution in [0.5, 0.6) is 5.75 Å². The van der Waals surface area contributed by atoms with E-state index in [9.17, 15) is 13.6 Å². The van der Waals surface area contributed by atoms with E-state index >= 15 is 0 Å². The number of benzene rings is 2. The lowest BCUT2D eigenvalue weighted by atomic mass is 10.1. The number of nitrogens with one attached hydrogen (secondary N) is 3. The van der Waals surface area contributed by atoms with Crippen LogP contribution in [-0.2, 0) is 6.54 Å². The van der Waals surface area contributed by atoms with Gasteiger partial charge in [-0.3, -0.25) is 4.79 Å². The van der Waals surface area contributed by atoms with Gasteiger partial charge in [0.1, 0.15) is 5.75 Å². The highest BCUT2D eigenvalue weighted by molar-refractivity contribution is 5.94. The zero-order valence-corrected chi connectivity index (χ0v) is 16.5. The van der Waals surface area contributed by atoms with E-state index in [-0.39, 0.29) is 18.2 Å². The van der Waals surface area contributed by atoms with Crippen molar-refractivity contribution in [3.05, 3.63) is 65.2 Å². The molecule has 0 aromatic heterocycles. The number of rotatable bonds is 9. The minimum Gasteiger partial charge on any atom is -0.434 e. The predicted octanol–water partition coefficient (Wildman–Crippen LogP) is 3.08. The summed E-state index contributed by atoms with van der Waals surface area (Å²) >= 11 is 0. The van der Waals surface area contributed by atoms with Crippen LogP contribution >= 0.6 is 0 Å². The quantitative estimate of drug-likeness (QED) is 0.341. The molecule has 0 atom stereocenters. The number of alkyl halides is 2. The van der Waals surface area contributed by atoms with Crippen LogP contribution in [0.25, 0.3) is 0 Å². The number of para-hydroxylation sites is 1. The van der Waals surface area contributed by atoms with E-state index in [1.54, 1.807) is 24.3 Å². The molecular formula is C21H26F2N4O2. The summed E-state index contributed by atoms with van der Waals surface area (Å²) in [5.74, 6) is 0.479. The molecule has 29 heavy (non-hydrogen) atoms. The molecule has 2 aromatic rings. The molecule has 0 aliphatic heterocycles. The Labute approximate surface area is 169 Å². The average Bonchev–Trinajstić information content (AvgIpc) is 2.69. The van der Waals surface area contributed by atoms with Gasteiger partial charge in [-0.05, 0) is 32.0 Å². The van der Waals surface area contributed by atoms with Gasteiger partial charge >= 0.3 is 6.61 Å². The first-order chi connectivity index (χ1) is 14.0. The number of guanidine groups is 1. The van der Waals surface area contributed by atoms with E-state index in [1.165, 1.54) is 6.07 Å². The number of aliphatic imine (C=N–C) groups is 1. The summed E-state index contributed by atoms with van der Waals surface area (Å²) in [7, 11) is 0. The highest BCUT2D eigenvalue weighted by Crippen LogP contribution is 2.20. The number of halogens is 2. The maximum Gasteiger partial charge on any atom is 0.387 e. The molecule has 0 aliphatic rings. The smallest absolute Gasteiger partial charge is 0.387 e. The van der Waals surface area contributed by atoms with Crippen LogP contribution in [0.2, 0.25) is 0 Å². The van der Waals surface area contributed by atoms with Crippen molar-refractivity contribution in [2.24, 2.45) is 4.99 Å². The van der Waals surface area contributed by atoms with Crippen molar-refractivity contribution in [1.82, 2.24) is 16.0 Å². The zero-order valence-electron chi connectivity index (χ0n) is 16.5. The fourth-order valence-corrected chi connectivity index (χ4v) is 2.60. The number of aryl methyl sites for hydroxylation is 1. The van der Waals surface area contributed by atoms with Crippen LogP contribution < -0.4 is 20.7 Å². The summed E-state index contributed by atoms with van der Waals surface area (Å²) in [6, 6.07) is 13.9. The molecule has 0 spiro atoms. The van der Waals surface area contributed by atoms with Crippen LogP contribution in [0.1, 0.15) is 28.4 Å². The third kappa shape index (κ3) is 7.77. The highest BCUT2D eigenvalue weighted by Gasteiger charge is 2.09. The first-order valence-electron chi connectivity index (χ1n) is 9.39. The van der Waals surface area contributed by atoms with Gasteiger partial charge in [-0.25, -0.2) is 4.99 Å². The molecule has 1 amide bonds. The van der Waals surface area contributed by atoms with Crippen LogP contribution in [0.4, 0.5) is 8.78 Å². The Kier molecular flexibility index (Phi) is 8.88. The summed E-state index contributed by atoms with van der Waals surface area (Å²) in [5.41, 5.74) is 2.19. The van der Waals surface area contributed by atoms with E-state index in [2.05, 4.69) is 25.7 Å². The van der Waals surface area contributed by atoms with Gasteiger partial charge in [0.05, 0.1) is 6.54 Å². The number of hydrogen-bond acceptors (Lipinski definition) is 3. The first-order valence-corrected chi connectivity index (χ1v) is 9.39. The number of hydrogen-bond donors (Lipinski definition) is 3. The summed E-state index contributed by atoms with van der Waals surface area (Å²) in [4.78, 5) is 16.5. The molecule has 0 saturated heterocycles. The molecule has 8 heteroatoms. The normalized spacial score (nSPS) is 11.3. The van der Waals surface area contributed by atoms with Gasteiger partial charge in [-0.15, -0.1) is 0 Å². The van der Waals surface area contributed by atoms with Gasteiger partial charge in [0.15, 0.2) is 5.96 Å². The van der Waals surface area contributed by atoms with Crippen LogP contribution in [-0.4, -0.2) is 38.1 Å². The molecule has 0 saturated carbocycles. The Morgan fingerprint density at radius 1 is 1.07 bits per heavy atom. The predicted molar refractivity (Wildman–Crippen MR) is 109 cm³/mol. The Morgan fingerprint density at radius 2 is 1.83 bits per heavy atom. The van der Waals surface area contributed by atoms with Gasteiger partial charge in [0, 0.05) is 30.8 Å². The molecule has 2 aromatic carbocycles. The SMILES string of the molecule is CCNC(=NCc1ccccc1OC(F)F)NCCNC(=O)c1cccc(C)c1. The average molecular weight is 404 g/mol. The Bertz CT molecular complexity index is 828. The first kappa shape index (κ1) is 22.1. The van der Waals surface area contributed by atoms with E-state index < -0.39 is 6.61 Å². The minimum absolute atomic E-state index is 0.104. The van der Waals surface area contributed by atoms with Crippen molar-refractivity contribution >= 4 is 11.9 Å². The second kappa shape index (κ2) is 11.6. The number of amides is 1. The summed E-state index contributed by atoms with van der Waals surface area (Å²) < 4.78 is 29.6. The third-order valence-electron chi connectivity index (χ3n) is 3.92. The molecule has 3 N–H and O–H groups in total. The minimum atomic E-state index is -2.89. The van der Waals surface area contributed by atoms with Gasteiger partial charge in [-0.1, -0.05) is 35.9 Å². The van der Waals surface area contributed by atoms with Gasteiger partial charge in [-0.2, -0.15) is 8.78 Å². The molecule has 0 unspecified atom stereocenters. The summed E-state index contributed by atoms with van der Waals surface area (Å²) in [6.07, 6.45) is 0. The molecule has 0 radical (unpaired) electrons. The third-order valence-corrected chi connectivity index (χ3v) is 3.92. The summed E-state index contributed by atoms with van der Waals surface area (Å²) in [6.45, 7) is 2.64. The topological polar surface area (TPSA) is 74.8 Å². The van der Waals surface area contributed by atoms with Crippen LogP contribution in [0, 0.1) is 6.92 Å². The van der Waals surface area contributed by atoms with Crippen molar-refractivity contribution in [3.63, 3.8) is 0 Å². The van der Waals surface area contributed by atoms with E-state index in [4.69, 9.17) is 0 Å². The van der Waals surface area contributed by atoms with E-state index in [0.717, 1.165) is 5.56 Å². The standard InChI is InChI=1S/C21H26F2N4O2/c1-3-24-21(27-14-17-8-4-5-10-18(17)29-20(22)23)26-12-11-25-19(28)16-9-6-7-15(2)13-16/h4-10,13,20H,3,11-12,14H2,1-2H3,(H,25,28)(H2,24,26,27). The lowest BCUT2D eigenvalue weighted by Gasteiger charge is -2.13. The van der Waals surface area contributed by atoms with Crippen molar-refractivity contribution in [1.29, 1.82) is 0 Å². The molecule has 0 bridgehead atoms.